The SMILES string of the molecule is CCCC(=O)Nc1cscc1C(=O)OC. The summed E-state index contributed by atoms with van der Waals surface area (Å²) in [6, 6.07) is 0. The van der Waals surface area contributed by atoms with Crippen LogP contribution in [-0.4, -0.2) is 19.0 Å². The lowest BCUT2D eigenvalue weighted by molar-refractivity contribution is -0.116. The molecule has 1 aromatic rings. The van der Waals surface area contributed by atoms with Crippen LogP contribution < -0.4 is 5.32 Å². The fourth-order valence-electron chi connectivity index (χ4n) is 1.10. The molecular formula is C10H13NO3S. The summed E-state index contributed by atoms with van der Waals surface area (Å²) in [6.45, 7) is 1.93. The lowest BCUT2D eigenvalue weighted by Crippen LogP contribution is -2.13. The van der Waals surface area contributed by atoms with Gasteiger partial charge in [-0.1, -0.05) is 6.92 Å². The molecule has 0 aliphatic heterocycles. The van der Waals surface area contributed by atoms with Crippen LogP contribution in [0.1, 0.15) is 30.1 Å². The standard InChI is InChI=1S/C10H13NO3S/c1-3-4-9(12)11-8-6-15-5-7(8)10(13)14-2/h5-6H,3-4H2,1-2H3,(H,11,12). The molecule has 0 bridgehead atoms. The summed E-state index contributed by atoms with van der Waals surface area (Å²) in [5, 5.41) is 6.06. The smallest absolute Gasteiger partial charge is 0.340 e. The maximum Gasteiger partial charge on any atom is 0.340 e. The topological polar surface area (TPSA) is 55.4 Å². The number of rotatable bonds is 4. The molecule has 4 nitrogen and oxygen atoms in total. The van der Waals surface area contributed by atoms with Crippen LogP contribution in [0.15, 0.2) is 10.8 Å². The van der Waals surface area contributed by atoms with Crippen molar-refractivity contribution in [1.82, 2.24) is 0 Å². The van der Waals surface area contributed by atoms with Crippen LogP contribution in [0.25, 0.3) is 0 Å². The van der Waals surface area contributed by atoms with Gasteiger partial charge in [0.25, 0.3) is 0 Å². The third-order valence-electron chi connectivity index (χ3n) is 1.82. The van der Waals surface area contributed by atoms with Gasteiger partial charge in [0.1, 0.15) is 0 Å². The van der Waals surface area contributed by atoms with Gasteiger partial charge in [-0.05, 0) is 6.42 Å². The molecule has 15 heavy (non-hydrogen) atoms. The predicted octanol–water partition coefficient (Wildman–Crippen LogP) is 2.27. The van der Waals surface area contributed by atoms with Gasteiger partial charge >= 0.3 is 5.97 Å². The summed E-state index contributed by atoms with van der Waals surface area (Å²) in [5.41, 5.74) is 0.942. The van der Waals surface area contributed by atoms with Crippen LogP contribution in [0.4, 0.5) is 5.69 Å². The molecule has 1 amide bonds. The zero-order valence-corrected chi connectivity index (χ0v) is 9.52. The van der Waals surface area contributed by atoms with Gasteiger partial charge in [-0.25, -0.2) is 4.79 Å². The summed E-state index contributed by atoms with van der Waals surface area (Å²) in [7, 11) is 1.32. The molecule has 0 saturated heterocycles. The average molecular weight is 227 g/mol. The van der Waals surface area contributed by atoms with Gasteiger partial charge < -0.3 is 10.1 Å². The number of carbonyl (C=O) groups is 2. The molecule has 5 heteroatoms. The van der Waals surface area contributed by atoms with Crippen molar-refractivity contribution < 1.29 is 14.3 Å². The Hall–Kier alpha value is -1.36. The van der Waals surface area contributed by atoms with Gasteiger partial charge in [0, 0.05) is 17.2 Å². The second-order valence-corrected chi connectivity index (χ2v) is 3.73. The molecule has 82 valence electrons. The van der Waals surface area contributed by atoms with Crippen LogP contribution in [0.3, 0.4) is 0 Å². The van der Waals surface area contributed by atoms with Crippen LogP contribution in [0.2, 0.25) is 0 Å². The molecule has 0 saturated carbocycles. The van der Waals surface area contributed by atoms with E-state index in [0.717, 1.165) is 6.42 Å². The first-order valence-corrected chi connectivity index (χ1v) is 5.57. The first-order valence-electron chi connectivity index (χ1n) is 4.63. The summed E-state index contributed by atoms with van der Waals surface area (Å²) in [6.07, 6.45) is 1.24. The van der Waals surface area contributed by atoms with Gasteiger partial charge in [0.05, 0.1) is 18.4 Å². The second kappa shape index (κ2) is 5.50. The maximum atomic E-state index is 11.3. The zero-order valence-electron chi connectivity index (χ0n) is 8.70. The summed E-state index contributed by atoms with van der Waals surface area (Å²) in [4.78, 5) is 22.6. The summed E-state index contributed by atoms with van der Waals surface area (Å²) in [5.74, 6) is -0.510. The van der Waals surface area contributed by atoms with E-state index in [1.807, 2.05) is 6.92 Å². The lowest BCUT2D eigenvalue weighted by Gasteiger charge is -2.04. The van der Waals surface area contributed by atoms with Crippen molar-refractivity contribution in [2.45, 2.75) is 19.8 Å². The predicted molar refractivity (Wildman–Crippen MR) is 59.2 cm³/mol. The minimum Gasteiger partial charge on any atom is -0.465 e. The van der Waals surface area contributed by atoms with Gasteiger partial charge in [-0.3, -0.25) is 4.79 Å². The number of carbonyl (C=O) groups excluding carboxylic acids is 2. The highest BCUT2D eigenvalue weighted by atomic mass is 32.1. The molecule has 1 heterocycles. The van der Waals surface area contributed by atoms with E-state index in [-0.39, 0.29) is 5.91 Å². The number of nitrogens with one attached hydrogen (secondary N) is 1. The summed E-state index contributed by atoms with van der Waals surface area (Å²) < 4.78 is 4.59. The average Bonchev–Trinajstić information content (AvgIpc) is 2.65. The number of anilines is 1. The Morgan fingerprint density at radius 1 is 1.47 bits per heavy atom. The van der Waals surface area contributed by atoms with Gasteiger partial charge in [-0.2, -0.15) is 0 Å². The molecule has 0 spiro atoms. The highest BCUT2D eigenvalue weighted by molar-refractivity contribution is 7.08. The highest BCUT2D eigenvalue weighted by Gasteiger charge is 2.14. The molecule has 0 fully saturated rings. The molecular weight excluding hydrogens is 214 g/mol. The number of amides is 1. The Kier molecular flexibility index (Phi) is 4.30. The van der Waals surface area contributed by atoms with Crippen LogP contribution >= 0.6 is 11.3 Å². The molecule has 0 unspecified atom stereocenters. The van der Waals surface area contributed by atoms with E-state index in [9.17, 15) is 9.59 Å². The minimum atomic E-state index is -0.428. The fourth-order valence-corrected chi connectivity index (χ4v) is 1.85. The molecule has 0 radical (unpaired) electrons. The van der Waals surface area contributed by atoms with E-state index in [1.54, 1.807) is 10.8 Å². The molecule has 1 rings (SSSR count). The molecule has 0 aromatic carbocycles. The summed E-state index contributed by atoms with van der Waals surface area (Å²) >= 11 is 1.35. The maximum absolute atomic E-state index is 11.3. The van der Waals surface area contributed by atoms with Crippen molar-refractivity contribution >= 4 is 28.9 Å². The van der Waals surface area contributed by atoms with Gasteiger partial charge in [-0.15, -0.1) is 11.3 Å². The van der Waals surface area contributed by atoms with Gasteiger partial charge in [0.2, 0.25) is 5.91 Å². The Labute approximate surface area is 92.2 Å². The normalized spacial score (nSPS) is 9.73. The van der Waals surface area contributed by atoms with Crippen molar-refractivity contribution in [3.63, 3.8) is 0 Å². The zero-order chi connectivity index (χ0) is 11.3. The third kappa shape index (κ3) is 3.06. The van der Waals surface area contributed by atoms with E-state index < -0.39 is 5.97 Å². The minimum absolute atomic E-state index is 0.0824. The molecule has 1 aromatic heterocycles. The fraction of sp³-hybridized carbons (Fsp3) is 0.400. The molecule has 0 aliphatic rings. The Balaban J connectivity index is 2.73. The molecule has 0 atom stereocenters. The Morgan fingerprint density at radius 2 is 2.20 bits per heavy atom. The van der Waals surface area contributed by atoms with Gasteiger partial charge in [0.15, 0.2) is 0 Å². The van der Waals surface area contributed by atoms with E-state index in [0.29, 0.717) is 17.7 Å². The highest BCUT2D eigenvalue weighted by Crippen LogP contribution is 2.21. The van der Waals surface area contributed by atoms with Crippen molar-refractivity contribution in [1.29, 1.82) is 0 Å². The monoisotopic (exact) mass is 227 g/mol. The van der Waals surface area contributed by atoms with E-state index in [2.05, 4.69) is 10.1 Å². The number of thiophene rings is 1. The second-order valence-electron chi connectivity index (χ2n) is 2.99. The first-order chi connectivity index (χ1) is 7.19. The number of hydrogen-bond acceptors (Lipinski definition) is 4. The van der Waals surface area contributed by atoms with E-state index >= 15 is 0 Å². The van der Waals surface area contributed by atoms with Crippen LogP contribution in [0, 0.1) is 0 Å². The number of esters is 1. The van der Waals surface area contributed by atoms with E-state index in [1.165, 1.54) is 18.4 Å². The van der Waals surface area contributed by atoms with Crippen molar-refractivity contribution in [3.05, 3.63) is 16.3 Å². The van der Waals surface area contributed by atoms with Crippen molar-refractivity contribution in [3.8, 4) is 0 Å². The lowest BCUT2D eigenvalue weighted by atomic mass is 10.2. The first kappa shape index (κ1) is 11.7. The van der Waals surface area contributed by atoms with Crippen molar-refractivity contribution in [2.24, 2.45) is 0 Å². The quantitative estimate of drug-likeness (QED) is 0.803. The van der Waals surface area contributed by atoms with E-state index in [4.69, 9.17) is 0 Å². The van der Waals surface area contributed by atoms with Crippen LogP contribution in [-0.2, 0) is 9.53 Å². The number of hydrogen-bond donors (Lipinski definition) is 1. The largest absolute Gasteiger partial charge is 0.465 e. The number of methoxy groups -OCH3 is 1. The Bertz CT molecular complexity index is 359. The van der Waals surface area contributed by atoms with Crippen LogP contribution in [0.5, 0.6) is 0 Å². The number of ether oxygens (including phenoxy) is 1. The molecule has 1 N–H and O–H groups in total. The van der Waals surface area contributed by atoms with Crippen molar-refractivity contribution in [2.75, 3.05) is 12.4 Å². The third-order valence-corrected chi connectivity index (χ3v) is 2.56. The Morgan fingerprint density at radius 3 is 2.80 bits per heavy atom. The molecule has 0 aliphatic carbocycles.